The summed E-state index contributed by atoms with van der Waals surface area (Å²) >= 11 is 1.30. The molecule has 0 bridgehead atoms. The highest BCUT2D eigenvalue weighted by Crippen LogP contribution is 2.35. The van der Waals surface area contributed by atoms with Crippen LogP contribution in [0.3, 0.4) is 0 Å². The van der Waals surface area contributed by atoms with E-state index in [4.69, 9.17) is 18.9 Å². The third-order valence-electron chi connectivity index (χ3n) is 5.47. The molecule has 4 aromatic rings. The summed E-state index contributed by atoms with van der Waals surface area (Å²) in [6, 6.07) is 14.2. The fourth-order valence-electron chi connectivity index (χ4n) is 3.57. The van der Waals surface area contributed by atoms with E-state index in [-0.39, 0.29) is 30.6 Å². The van der Waals surface area contributed by atoms with E-state index in [2.05, 4.69) is 10.3 Å². The molecule has 0 fully saturated rings. The predicted octanol–water partition coefficient (Wildman–Crippen LogP) is 5.33. The van der Waals surface area contributed by atoms with Crippen molar-refractivity contribution in [3.63, 3.8) is 0 Å². The van der Waals surface area contributed by atoms with Crippen molar-refractivity contribution in [1.29, 1.82) is 0 Å². The Hall–Kier alpha value is -4.18. The summed E-state index contributed by atoms with van der Waals surface area (Å²) in [5.74, 6) is 0.346. The number of amides is 1. The zero-order chi connectivity index (χ0) is 25.1. The summed E-state index contributed by atoms with van der Waals surface area (Å²) < 4.78 is 49.4. The number of methoxy groups -OCH3 is 1. The van der Waals surface area contributed by atoms with Gasteiger partial charge in [0, 0.05) is 17.5 Å². The number of thiazole rings is 1. The molecule has 0 atom stereocenters. The van der Waals surface area contributed by atoms with Gasteiger partial charge in [0.1, 0.15) is 28.9 Å². The van der Waals surface area contributed by atoms with Gasteiger partial charge in [-0.1, -0.05) is 12.1 Å². The second kappa shape index (κ2) is 10.2. The minimum atomic E-state index is -0.683. The Kier molecular flexibility index (Phi) is 6.68. The van der Waals surface area contributed by atoms with Crippen molar-refractivity contribution in [2.24, 2.45) is 0 Å². The number of nitrogens with one attached hydrogen (secondary N) is 1. The van der Waals surface area contributed by atoms with Gasteiger partial charge in [0.25, 0.3) is 5.91 Å². The average molecular weight is 511 g/mol. The van der Waals surface area contributed by atoms with Gasteiger partial charge >= 0.3 is 0 Å². The molecular formula is C26H20F2N2O5S. The number of halogens is 2. The second-order valence-corrected chi connectivity index (χ2v) is 8.62. The average Bonchev–Trinajstić information content (AvgIpc) is 3.57. The molecule has 0 saturated heterocycles. The van der Waals surface area contributed by atoms with E-state index in [0.29, 0.717) is 40.1 Å². The van der Waals surface area contributed by atoms with Crippen LogP contribution in [-0.2, 0) is 13.2 Å². The summed E-state index contributed by atoms with van der Waals surface area (Å²) in [6.45, 7) is 0.207. The SMILES string of the molecule is COc1cc(-c2nc(C(=O)NCc3ccc4c(c3)OCO4)cs2)ccc1OCc1c(F)cccc1F. The Morgan fingerprint density at radius 2 is 1.86 bits per heavy atom. The molecule has 36 heavy (non-hydrogen) atoms. The highest BCUT2D eigenvalue weighted by Gasteiger charge is 2.17. The van der Waals surface area contributed by atoms with Crippen LogP contribution >= 0.6 is 11.3 Å². The van der Waals surface area contributed by atoms with Gasteiger partial charge in [-0.15, -0.1) is 11.3 Å². The Balaban J connectivity index is 1.25. The molecular weight excluding hydrogens is 490 g/mol. The fraction of sp³-hybridized carbons (Fsp3) is 0.154. The molecule has 0 spiro atoms. The normalized spacial score (nSPS) is 11.9. The topological polar surface area (TPSA) is 78.9 Å². The van der Waals surface area contributed by atoms with Crippen molar-refractivity contribution >= 4 is 17.2 Å². The molecule has 5 rings (SSSR count). The van der Waals surface area contributed by atoms with Crippen molar-refractivity contribution in [3.8, 4) is 33.6 Å². The zero-order valence-corrected chi connectivity index (χ0v) is 19.9. The van der Waals surface area contributed by atoms with Crippen LogP contribution < -0.4 is 24.3 Å². The number of rotatable bonds is 8. The lowest BCUT2D eigenvalue weighted by atomic mass is 10.2. The molecule has 10 heteroatoms. The van der Waals surface area contributed by atoms with Crippen LogP contribution in [0.1, 0.15) is 21.6 Å². The van der Waals surface area contributed by atoms with Crippen molar-refractivity contribution in [1.82, 2.24) is 10.3 Å². The number of hydrogen-bond donors (Lipinski definition) is 1. The van der Waals surface area contributed by atoms with E-state index >= 15 is 0 Å². The lowest BCUT2D eigenvalue weighted by Gasteiger charge is -2.12. The lowest BCUT2D eigenvalue weighted by molar-refractivity contribution is 0.0946. The van der Waals surface area contributed by atoms with Crippen molar-refractivity contribution in [2.45, 2.75) is 13.2 Å². The number of aromatic nitrogens is 1. The smallest absolute Gasteiger partial charge is 0.271 e. The van der Waals surface area contributed by atoms with Crippen LogP contribution in [0.5, 0.6) is 23.0 Å². The van der Waals surface area contributed by atoms with Crippen molar-refractivity contribution < 1.29 is 32.5 Å². The Labute approximate surface area is 209 Å². The molecule has 0 radical (unpaired) electrons. The van der Waals surface area contributed by atoms with Crippen molar-refractivity contribution in [2.75, 3.05) is 13.9 Å². The minimum Gasteiger partial charge on any atom is -0.493 e. The molecule has 0 saturated carbocycles. The number of fused-ring (bicyclic) bond motifs is 1. The van der Waals surface area contributed by atoms with E-state index in [9.17, 15) is 13.6 Å². The third kappa shape index (κ3) is 4.94. The zero-order valence-electron chi connectivity index (χ0n) is 19.0. The van der Waals surface area contributed by atoms with Crippen LogP contribution in [0.25, 0.3) is 10.6 Å². The molecule has 1 aliphatic rings. The van der Waals surface area contributed by atoms with Gasteiger partial charge in [0.2, 0.25) is 6.79 Å². The molecule has 2 heterocycles. The third-order valence-corrected chi connectivity index (χ3v) is 6.36. The summed E-state index contributed by atoms with van der Waals surface area (Å²) in [6.07, 6.45) is 0. The Bertz CT molecular complexity index is 1410. The number of carbonyl (C=O) groups excluding carboxylic acids is 1. The first-order valence-electron chi connectivity index (χ1n) is 10.9. The number of benzene rings is 3. The maximum Gasteiger partial charge on any atom is 0.271 e. The Morgan fingerprint density at radius 3 is 2.67 bits per heavy atom. The second-order valence-electron chi connectivity index (χ2n) is 7.76. The van der Waals surface area contributed by atoms with E-state index in [0.717, 1.165) is 5.56 Å². The van der Waals surface area contributed by atoms with E-state index in [1.165, 1.54) is 36.6 Å². The van der Waals surface area contributed by atoms with Gasteiger partial charge in [-0.2, -0.15) is 0 Å². The van der Waals surface area contributed by atoms with Gasteiger partial charge in [-0.3, -0.25) is 4.79 Å². The molecule has 0 aliphatic carbocycles. The number of carbonyl (C=O) groups is 1. The summed E-state index contributed by atoms with van der Waals surface area (Å²) in [5.41, 5.74) is 1.69. The highest BCUT2D eigenvalue weighted by atomic mass is 32.1. The van der Waals surface area contributed by atoms with Gasteiger partial charge in [0.15, 0.2) is 23.0 Å². The summed E-state index contributed by atoms with van der Waals surface area (Å²) in [5, 5.41) is 5.12. The number of hydrogen-bond acceptors (Lipinski definition) is 7. The lowest BCUT2D eigenvalue weighted by Crippen LogP contribution is -2.23. The largest absolute Gasteiger partial charge is 0.493 e. The quantitative estimate of drug-likeness (QED) is 0.345. The van der Waals surface area contributed by atoms with E-state index < -0.39 is 11.6 Å². The first kappa shape index (κ1) is 23.6. The standard InChI is InChI=1S/C26H20F2N2O5S/c1-32-23-10-16(6-8-21(23)33-12-17-18(27)3-2-4-19(17)28)26-30-20(13-36-26)25(31)29-11-15-5-7-22-24(9-15)35-14-34-22/h2-10,13H,11-12,14H2,1H3,(H,29,31). The highest BCUT2D eigenvalue weighted by molar-refractivity contribution is 7.13. The molecule has 1 N–H and O–H groups in total. The molecule has 7 nitrogen and oxygen atoms in total. The van der Waals surface area contributed by atoms with Crippen LogP contribution in [0, 0.1) is 11.6 Å². The van der Waals surface area contributed by atoms with Crippen LogP contribution in [0.4, 0.5) is 8.78 Å². The van der Waals surface area contributed by atoms with Crippen LogP contribution in [-0.4, -0.2) is 24.8 Å². The van der Waals surface area contributed by atoms with Gasteiger partial charge in [-0.25, -0.2) is 13.8 Å². The van der Waals surface area contributed by atoms with Crippen LogP contribution in [0.2, 0.25) is 0 Å². The first-order valence-corrected chi connectivity index (χ1v) is 11.8. The van der Waals surface area contributed by atoms with Gasteiger partial charge in [-0.05, 0) is 48.0 Å². The number of nitrogens with zero attached hydrogens (tertiary/aromatic N) is 1. The molecule has 3 aromatic carbocycles. The molecule has 0 unspecified atom stereocenters. The number of ether oxygens (including phenoxy) is 4. The van der Waals surface area contributed by atoms with E-state index in [1.807, 2.05) is 12.1 Å². The Morgan fingerprint density at radius 1 is 1.06 bits per heavy atom. The summed E-state index contributed by atoms with van der Waals surface area (Å²) in [4.78, 5) is 17.1. The maximum absolute atomic E-state index is 13.9. The first-order chi connectivity index (χ1) is 17.5. The van der Waals surface area contributed by atoms with Gasteiger partial charge < -0.3 is 24.3 Å². The molecule has 1 aromatic heterocycles. The van der Waals surface area contributed by atoms with Crippen molar-refractivity contribution in [3.05, 3.63) is 88.4 Å². The molecule has 184 valence electrons. The molecule has 1 amide bonds. The molecule has 1 aliphatic heterocycles. The summed E-state index contributed by atoms with van der Waals surface area (Å²) in [7, 11) is 1.46. The predicted molar refractivity (Wildman–Crippen MR) is 129 cm³/mol. The maximum atomic E-state index is 13.9. The van der Waals surface area contributed by atoms with Crippen LogP contribution in [0.15, 0.2) is 60.0 Å². The monoisotopic (exact) mass is 510 g/mol. The fourth-order valence-corrected chi connectivity index (χ4v) is 4.37. The van der Waals surface area contributed by atoms with E-state index in [1.54, 1.807) is 29.6 Å². The minimum absolute atomic E-state index is 0.167. The van der Waals surface area contributed by atoms with Gasteiger partial charge in [0.05, 0.1) is 12.7 Å².